The third-order valence-electron chi connectivity index (χ3n) is 3.68. The summed E-state index contributed by atoms with van der Waals surface area (Å²) in [6.07, 6.45) is 3.04. The van der Waals surface area contributed by atoms with Crippen LogP contribution in [0.3, 0.4) is 0 Å². The number of fused-ring (bicyclic) bond motifs is 2. The van der Waals surface area contributed by atoms with Crippen molar-refractivity contribution in [1.29, 1.82) is 0 Å². The van der Waals surface area contributed by atoms with Crippen LogP contribution >= 0.6 is 0 Å². The topological polar surface area (TPSA) is 52.6 Å². The molecule has 4 nitrogen and oxygen atoms in total. The first-order valence-electron chi connectivity index (χ1n) is 6.79. The van der Waals surface area contributed by atoms with Gasteiger partial charge in [0.2, 0.25) is 9.84 Å². The summed E-state index contributed by atoms with van der Waals surface area (Å²) in [6.45, 7) is 0. The summed E-state index contributed by atoms with van der Waals surface area (Å²) in [5.74, 6) is 0. The summed E-state index contributed by atoms with van der Waals surface area (Å²) >= 11 is 0. The minimum absolute atomic E-state index is 0.269. The van der Waals surface area contributed by atoms with Crippen molar-refractivity contribution in [3.05, 3.63) is 59.2 Å². The van der Waals surface area contributed by atoms with Crippen molar-refractivity contribution in [2.45, 2.75) is 16.1 Å². The van der Waals surface area contributed by atoms with E-state index in [2.05, 4.69) is 0 Å². The Kier molecular flexibility index (Phi) is 3.87. The van der Waals surface area contributed by atoms with Gasteiger partial charge >= 0.3 is 0 Å². The Morgan fingerprint density at radius 2 is 1.50 bits per heavy atom. The molecule has 0 bridgehead atoms. The average molecular weight is 316 g/mol. The predicted octanol–water partition coefficient (Wildman–Crippen LogP) is 3.29. The Balaban J connectivity index is 2.24. The van der Waals surface area contributed by atoms with Gasteiger partial charge < -0.3 is 9.47 Å². The molecule has 3 rings (SSSR count). The van der Waals surface area contributed by atoms with E-state index >= 15 is 0 Å². The van der Waals surface area contributed by atoms with Crippen molar-refractivity contribution in [3.8, 4) is 0 Å². The number of sulfone groups is 1. The number of ether oxygens (including phenoxy) is 2. The van der Waals surface area contributed by atoms with Gasteiger partial charge in [0, 0.05) is 19.8 Å². The van der Waals surface area contributed by atoms with Crippen LogP contribution in [0.1, 0.15) is 23.0 Å². The van der Waals surface area contributed by atoms with Gasteiger partial charge in [-0.25, -0.2) is 8.42 Å². The van der Waals surface area contributed by atoms with Crippen molar-refractivity contribution in [2.75, 3.05) is 14.2 Å². The lowest BCUT2D eigenvalue weighted by Gasteiger charge is -2.16. The molecule has 0 amide bonds. The molecule has 0 spiro atoms. The summed E-state index contributed by atoms with van der Waals surface area (Å²) in [7, 11) is -0.549. The van der Waals surface area contributed by atoms with Crippen molar-refractivity contribution in [1.82, 2.24) is 0 Å². The van der Waals surface area contributed by atoms with Crippen molar-refractivity contribution in [2.24, 2.45) is 0 Å². The van der Waals surface area contributed by atoms with Gasteiger partial charge in [-0.3, -0.25) is 0 Å². The molecule has 5 heteroatoms. The smallest absolute Gasteiger partial charge is 0.207 e. The highest BCUT2D eigenvalue weighted by atomic mass is 32.2. The fourth-order valence-electron chi connectivity index (χ4n) is 2.60. The summed E-state index contributed by atoms with van der Waals surface area (Å²) in [5.41, 5.74) is 2.02. The highest BCUT2D eigenvalue weighted by Gasteiger charge is 2.26. The van der Waals surface area contributed by atoms with Crippen LogP contribution in [0.5, 0.6) is 0 Å². The van der Waals surface area contributed by atoms with Gasteiger partial charge in [0.1, 0.15) is 0 Å². The van der Waals surface area contributed by atoms with Crippen LogP contribution < -0.4 is 0 Å². The van der Waals surface area contributed by atoms with E-state index in [0.29, 0.717) is 21.6 Å². The zero-order chi connectivity index (χ0) is 15.7. The SMILES string of the molecule is COC(OC)c1ccc2c(c1)S(=O)(=O)c1ccccc1C=C2. The number of hydrogen-bond acceptors (Lipinski definition) is 4. The molecule has 2 aromatic rings. The van der Waals surface area contributed by atoms with E-state index in [4.69, 9.17) is 9.47 Å². The van der Waals surface area contributed by atoms with Crippen LogP contribution in [0.2, 0.25) is 0 Å². The standard InChI is InChI=1S/C17H16O4S/c1-20-17(21-2)14-10-9-13-8-7-12-5-3-4-6-15(12)22(18,19)16(13)11-14/h3-11,17H,1-2H3. The number of methoxy groups -OCH3 is 2. The zero-order valence-electron chi connectivity index (χ0n) is 12.3. The van der Waals surface area contributed by atoms with Crippen LogP contribution in [0.4, 0.5) is 0 Å². The molecule has 0 unspecified atom stereocenters. The first-order valence-corrected chi connectivity index (χ1v) is 8.28. The van der Waals surface area contributed by atoms with E-state index in [1.54, 1.807) is 30.3 Å². The molecule has 22 heavy (non-hydrogen) atoms. The van der Waals surface area contributed by atoms with E-state index in [1.165, 1.54) is 14.2 Å². The maximum atomic E-state index is 12.9. The Morgan fingerprint density at radius 1 is 0.864 bits per heavy atom. The molecule has 1 heterocycles. The molecule has 0 saturated heterocycles. The second-order valence-corrected chi connectivity index (χ2v) is 6.86. The van der Waals surface area contributed by atoms with E-state index in [0.717, 1.165) is 0 Å². The third-order valence-corrected chi connectivity index (χ3v) is 5.56. The fourth-order valence-corrected chi connectivity index (χ4v) is 4.28. The van der Waals surface area contributed by atoms with Crippen molar-refractivity contribution < 1.29 is 17.9 Å². The Hall–Kier alpha value is -1.95. The molecule has 1 aliphatic heterocycles. The molecule has 114 valence electrons. The molecule has 0 aromatic heterocycles. The van der Waals surface area contributed by atoms with Crippen molar-refractivity contribution in [3.63, 3.8) is 0 Å². The van der Waals surface area contributed by atoms with Gasteiger partial charge in [0.25, 0.3) is 0 Å². The van der Waals surface area contributed by atoms with Crippen LogP contribution in [0, 0.1) is 0 Å². The fraction of sp³-hybridized carbons (Fsp3) is 0.176. The van der Waals surface area contributed by atoms with E-state index in [-0.39, 0.29) is 4.90 Å². The molecule has 1 aliphatic rings. The first-order chi connectivity index (χ1) is 10.6. The van der Waals surface area contributed by atoms with Gasteiger partial charge in [-0.2, -0.15) is 0 Å². The maximum Gasteiger partial charge on any atom is 0.207 e. The lowest BCUT2D eigenvalue weighted by molar-refractivity contribution is -0.106. The normalized spacial score (nSPS) is 15.2. The van der Waals surface area contributed by atoms with Crippen molar-refractivity contribution >= 4 is 22.0 Å². The summed E-state index contributed by atoms with van der Waals surface area (Å²) < 4.78 is 36.3. The molecular weight excluding hydrogens is 300 g/mol. The minimum Gasteiger partial charge on any atom is -0.352 e. The number of hydrogen-bond donors (Lipinski definition) is 0. The summed E-state index contributed by atoms with van der Waals surface area (Å²) in [5, 5.41) is 0. The van der Waals surface area contributed by atoms with E-state index in [1.807, 2.05) is 24.3 Å². The van der Waals surface area contributed by atoms with Gasteiger partial charge in [0.15, 0.2) is 6.29 Å². The quantitative estimate of drug-likeness (QED) is 0.696. The first kappa shape index (κ1) is 15.0. The Labute approximate surface area is 129 Å². The molecule has 0 radical (unpaired) electrons. The monoisotopic (exact) mass is 316 g/mol. The predicted molar refractivity (Wildman–Crippen MR) is 84.0 cm³/mol. The lowest BCUT2D eigenvalue weighted by Crippen LogP contribution is -2.08. The summed E-state index contributed by atoms with van der Waals surface area (Å²) in [4.78, 5) is 0.582. The second-order valence-electron chi connectivity index (χ2n) is 4.98. The van der Waals surface area contributed by atoms with E-state index in [9.17, 15) is 8.42 Å². The van der Waals surface area contributed by atoms with Crippen LogP contribution in [0.25, 0.3) is 12.2 Å². The molecule has 0 fully saturated rings. The molecule has 2 aromatic carbocycles. The van der Waals surface area contributed by atoms with Crippen LogP contribution in [0.15, 0.2) is 52.3 Å². The molecule has 0 saturated carbocycles. The van der Waals surface area contributed by atoms with Gasteiger partial charge in [-0.05, 0) is 23.3 Å². The second kappa shape index (κ2) is 5.68. The number of rotatable bonds is 3. The van der Waals surface area contributed by atoms with Gasteiger partial charge in [0.05, 0.1) is 9.79 Å². The third kappa shape index (κ3) is 2.37. The van der Waals surface area contributed by atoms with Gasteiger partial charge in [-0.15, -0.1) is 0 Å². The highest BCUT2D eigenvalue weighted by molar-refractivity contribution is 7.91. The maximum absolute atomic E-state index is 12.9. The minimum atomic E-state index is -3.58. The zero-order valence-corrected chi connectivity index (χ0v) is 13.1. The molecular formula is C17H16O4S. The largest absolute Gasteiger partial charge is 0.352 e. The number of benzene rings is 2. The molecule has 0 N–H and O–H groups in total. The lowest BCUT2D eigenvalue weighted by atomic mass is 10.1. The molecule has 0 atom stereocenters. The van der Waals surface area contributed by atoms with E-state index < -0.39 is 16.1 Å². The Morgan fingerprint density at radius 3 is 2.18 bits per heavy atom. The highest BCUT2D eigenvalue weighted by Crippen LogP contribution is 2.34. The molecule has 0 aliphatic carbocycles. The van der Waals surface area contributed by atoms with Gasteiger partial charge in [-0.1, -0.05) is 42.5 Å². The Bertz CT molecular complexity index is 833. The van der Waals surface area contributed by atoms with Crippen LogP contribution in [-0.4, -0.2) is 22.6 Å². The average Bonchev–Trinajstić information content (AvgIpc) is 2.65. The van der Waals surface area contributed by atoms with Crippen LogP contribution in [-0.2, 0) is 19.3 Å². The summed E-state index contributed by atoms with van der Waals surface area (Å²) in [6, 6.07) is 12.2.